The Kier molecular flexibility index (Phi) is 5.79. The first kappa shape index (κ1) is 16.5. The van der Waals surface area contributed by atoms with E-state index in [1.54, 1.807) is 18.2 Å². The van der Waals surface area contributed by atoms with Crippen LogP contribution in [-0.2, 0) is 0 Å². The molecule has 2 unspecified atom stereocenters. The topological polar surface area (TPSA) is 61.4 Å². The van der Waals surface area contributed by atoms with Crippen LogP contribution in [0.3, 0.4) is 0 Å². The molecule has 1 aliphatic heterocycles. The fourth-order valence-corrected chi connectivity index (χ4v) is 3.86. The molecule has 2 atom stereocenters. The van der Waals surface area contributed by atoms with Crippen LogP contribution in [0.1, 0.15) is 31.4 Å². The van der Waals surface area contributed by atoms with Crippen LogP contribution in [0.5, 0.6) is 0 Å². The monoisotopic (exact) mass is 328 g/mol. The predicted molar refractivity (Wildman–Crippen MR) is 87.9 cm³/mol. The second-order valence-electron chi connectivity index (χ2n) is 5.50. The first-order valence-corrected chi connectivity index (χ1v) is 8.45. The molecule has 1 aliphatic rings. The maximum Gasteiger partial charge on any atom is 0.314 e. The molecule has 0 bridgehead atoms. The van der Waals surface area contributed by atoms with Gasteiger partial charge in [-0.2, -0.15) is 11.8 Å². The van der Waals surface area contributed by atoms with E-state index in [9.17, 15) is 9.90 Å². The standard InChI is InChI=1S/C15H21ClN2O2S/c1-15(7-4-8-21-15)10-18-14(20)17-9-13(19)11-5-2-3-6-12(11)16/h2-3,5-6,13,19H,4,7-10H2,1H3,(H2,17,18,20). The quantitative estimate of drug-likeness (QED) is 0.778. The number of rotatable bonds is 5. The molecule has 0 radical (unpaired) electrons. The van der Waals surface area contributed by atoms with Crippen molar-refractivity contribution in [1.82, 2.24) is 10.6 Å². The molecule has 0 aromatic heterocycles. The molecule has 1 aromatic carbocycles. The lowest BCUT2D eigenvalue weighted by atomic mass is 10.1. The Balaban J connectivity index is 1.75. The third-order valence-corrected chi connectivity index (χ3v) is 5.53. The maximum absolute atomic E-state index is 11.8. The number of amides is 2. The summed E-state index contributed by atoms with van der Waals surface area (Å²) in [6.45, 7) is 2.95. The van der Waals surface area contributed by atoms with Crippen molar-refractivity contribution in [2.45, 2.75) is 30.6 Å². The van der Waals surface area contributed by atoms with Crippen molar-refractivity contribution in [1.29, 1.82) is 0 Å². The van der Waals surface area contributed by atoms with E-state index in [0.717, 1.165) is 12.2 Å². The molecule has 1 saturated heterocycles. The minimum absolute atomic E-state index is 0.138. The number of urea groups is 1. The lowest BCUT2D eigenvalue weighted by Crippen LogP contribution is -2.43. The van der Waals surface area contributed by atoms with Crippen molar-refractivity contribution in [2.24, 2.45) is 0 Å². The number of hydrogen-bond donors (Lipinski definition) is 3. The van der Waals surface area contributed by atoms with Crippen LogP contribution in [0.2, 0.25) is 5.02 Å². The van der Waals surface area contributed by atoms with Gasteiger partial charge in [-0.3, -0.25) is 0 Å². The second-order valence-corrected chi connectivity index (χ2v) is 7.59. The molecule has 1 heterocycles. The van der Waals surface area contributed by atoms with Gasteiger partial charge in [0.25, 0.3) is 0 Å². The molecule has 1 fully saturated rings. The van der Waals surface area contributed by atoms with Crippen molar-refractivity contribution >= 4 is 29.4 Å². The van der Waals surface area contributed by atoms with Crippen LogP contribution < -0.4 is 10.6 Å². The van der Waals surface area contributed by atoms with Gasteiger partial charge in [0, 0.05) is 28.4 Å². The van der Waals surface area contributed by atoms with Gasteiger partial charge in [-0.15, -0.1) is 0 Å². The number of hydrogen-bond acceptors (Lipinski definition) is 3. The van der Waals surface area contributed by atoms with Crippen LogP contribution >= 0.6 is 23.4 Å². The van der Waals surface area contributed by atoms with Gasteiger partial charge in [0.1, 0.15) is 0 Å². The van der Waals surface area contributed by atoms with E-state index in [4.69, 9.17) is 11.6 Å². The highest BCUT2D eigenvalue weighted by molar-refractivity contribution is 8.00. The van der Waals surface area contributed by atoms with Crippen molar-refractivity contribution in [3.05, 3.63) is 34.9 Å². The highest BCUT2D eigenvalue weighted by Crippen LogP contribution is 2.36. The first-order chi connectivity index (χ1) is 10.0. The van der Waals surface area contributed by atoms with E-state index in [1.165, 1.54) is 6.42 Å². The Labute approximate surface area is 134 Å². The molecule has 4 nitrogen and oxygen atoms in total. The number of aliphatic hydroxyl groups excluding tert-OH is 1. The van der Waals surface area contributed by atoms with Gasteiger partial charge in [-0.05, 0) is 31.6 Å². The predicted octanol–water partition coefficient (Wildman–Crippen LogP) is 2.96. The molecule has 2 amide bonds. The summed E-state index contributed by atoms with van der Waals surface area (Å²) in [6.07, 6.45) is 1.52. The van der Waals surface area contributed by atoms with Gasteiger partial charge in [-0.25, -0.2) is 4.79 Å². The fourth-order valence-electron chi connectivity index (χ4n) is 2.35. The summed E-state index contributed by atoms with van der Waals surface area (Å²) in [5.41, 5.74) is 0.623. The van der Waals surface area contributed by atoms with Crippen LogP contribution in [-0.4, -0.2) is 34.7 Å². The molecule has 1 aromatic rings. The molecule has 0 saturated carbocycles. The molecule has 6 heteroatoms. The van der Waals surface area contributed by atoms with Crippen LogP contribution in [0.4, 0.5) is 4.79 Å². The number of carbonyl (C=O) groups is 1. The van der Waals surface area contributed by atoms with Crippen LogP contribution in [0, 0.1) is 0 Å². The second kappa shape index (κ2) is 7.38. The number of nitrogens with one attached hydrogen (secondary N) is 2. The third kappa shape index (κ3) is 4.80. The molecule has 2 rings (SSSR count). The van der Waals surface area contributed by atoms with Gasteiger partial charge in [0.05, 0.1) is 6.10 Å². The summed E-state index contributed by atoms with van der Waals surface area (Å²) < 4.78 is 0.138. The Morgan fingerprint density at radius 2 is 2.24 bits per heavy atom. The first-order valence-electron chi connectivity index (χ1n) is 7.08. The van der Waals surface area contributed by atoms with Crippen molar-refractivity contribution in [3.63, 3.8) is 0 Å². The van der Waals surface area contributed by atoms with E-state index >= 15 is 0 Å². The van der Waals surface area contributed by atoms with E-state index < -0.39 is 6.10 Å². The molecule has 116 valence electrons. The summed E-state index contributed by atoms with van der Waals surface area (Å²) in [6, 6.07) is 6.83. The van der Waals surface area contributed by atoms with Gasteiger partial charge in [-0.1, -0.05) is 29.8 Å². The number of halogens is 1. The third-order valence-electron chi connectivity index (χ3n) is 3.64. The Bertz CT molecular complexity index is 492. The fraction of sp³-hybridized carbons (Fsp3) is 0.533. The summed E-state index contributed by atoms with van der Waals surface area (Å²) >= 11 is 7.91. The van der Waals surface area contributed by atoms with E-state index in [1.807, 2.05) is 17.8 Å². The maximum atomic E-state index is 11.8. The van der Waals surface area contributed by atoms with Gasteiger partial charge < -0.3 is 15.7 Å². The van der Waals surface area contributed by atoms with Crippen LogP contribution in [0.15, 0.2) is 24.3 Å². The lowest BCUT2D eigenvalue weighted by molar-refractivity contribution is 0.173. The Morgan fingerprint density at radius 3 is 2.90 bits per heavy atom. The van der Waals surface area contributed by atoms with Gasteiger partial charge in [0.15, 0.2) is 0 Å². The molecule has 21 heavy (non-hydrogen) atoms. The molecular formula is C15H21ClN2O2S. The average molecular weight is 329 g/mol. The highest BCUT2D eigenvalue weighted by Gasteiger charge is 2.29. The zero-order valence-electron chi connectivity index (χ0n) is 12.1. The van der Waals surface area contributed by atoms with E-state index in [-0.39, 0.29) is 17.3 Å². The van der Waals surface area contributed by atoms with E-state index in [0.29, 0.717) is 17.1 Å². The summed E-state index contributed by atoms with van der Waals surface area (Å²) in [4.78, 5) is 11.8. The number of carbonyl (C=O) groups excluding carboxylic acids is 1. The minimum Gasteiger partial charge on any atom is -0.387 e. The molecule has 3 N–H and O–H groups in total. The van der Waals surface area contributed by atoms with Gasteiger partial charge >= 0.3 is 6.03 Å². The zero-order valence-corrected chi connectivity index (χ0v) is 13.6. The van der Waals surface area contributed by atoms with Crippen LogP contribution in [0.25, 0.3) is 0 Å². The largest absolute Gasteiger partial charge is 0.387 e. The molecular weight excluding hydrogens is 308 g/mol. The zero-order chi connectivity index (χ0) is 15.3. The molecule has 0 aliphatic carbocycles. The van der Waals surface area contributed by atoms with Crippen molar-refractivity contribution in [3.8, 4) is 0 Å². The van der Waals surface area contributed by atoms with E-state index in [2.05, 4.69) is 17.6 Å². The SMILES string of the molecule is CC1(CNC(=O)NCC(O)c2ccccc2Cl)CCCS1. The number of aliphatic hydroxyl groups is 1. The Morgan fingerprint density at radius 1 is 1.48 bits per heavy atom. The number of thioether (sulfide) groups is 1. The summed E-state index contributed by atoms with van der Waals surface area (Å²) in [5.74, 6) is 1.16. The average Bonchev–Trinajstić information content (AvgIpc) is 2.90. The smallest absolute Gasteiger partial charge is 0.314 e. The minimum atomic E-state index is -0.805. The lowest BCUT2D eigenvalue weighted by Gasteiger charge is -2.23. The normalized spacial score (nSPS) is 22.8. The van der Waals surface area contributed by atoms with Gasteiger partial charge in [0.2, 0.25) is 0 Å². The summed E-state index contributed by atoms with van der Waals surface area (Å²) in [7, 11) is 0. The molecule has 0 spiro atoms. The number of benzene rings is 1. The summed E-state index contributed by atoms with van der Waals surface area (Å²) in [5, 5.41) is 16.1. The Hall–Kier alpha value is -0.910. The van der Waals surface area contributed by atoms with Crippen molar-refractivity contribution in [2.75, 3.05) is 18.8 Å². The van der Waals surface area contributed by atoms with Crippen molar-refractivity contribution < 1.29 is 9.90 Å². The highest BCUT2D eigenvalue weighted by atomic mass is 35.5.